The minimum atomic E-state index is -0.312. The van der Waals surface area contributed by atoms with Crippen LogP contribution in [0.1, 0.15) is 51.6 Å². The maximum Gasteiger partial charge on any atom is 0.293 e. The molecule has 1 aromatic heterocycles. The maximum atomic E-state index is 13.3. The van der Waals surface area contributed by atoms with Gasteiger partial charge in [-0.1, -0.05) is 49.7 Å². The molecule has 0 fully saturated rings. The normalized spacial score (nSPS) is 10.7. The van der Waals surface area contributed by atoms with Gasteiger partial charge in [-0.25, -0.2) is 4.98 Å². The molecular weight excluding hydrogens is 564 g/mol. The summed E-state index contributed by atoms with van der Waals surface area (Å²) in [5.41, 5.74) is 12.2. The first-order valence-corrected chi connectivity index (χ1v) is 14.8. The third-order valence-corrected chi connectivity index (χ3v) is 7.55. The Bertz CT molecular complexity index is 1910. The summed E-state index contributed by atoms with van der Waals surface area (Å²) in [5.74, 6) is -0.316. The third kappa shape index (κ3) is 7.27. The topological polar surface area (TPSA) is 131 Å². The van der Waals surface area contributed by atoms with Crippen LogP contribution in [-0.2, 0) is 13.5 Å². The third-order valence-electron chi connectivity index (χ3n) is 7.55. The molecule has 5 N–H and O–H groups in total. The van der Waals surface area contributed by atoms with E-state index in [9.17, 15) is 14.4 Å². The zero-order valence-corrected chi connectivity index (χ0v) is 25.6. The molecule has 5 aromatic rings. The minimum Gasteiger partial charge on any atom is -0.399 e. The van der Waals surface area contributed by atoms with E-state index in [0.29, 0.717) is 39.6 Å². The number of hydrogen-bond donors (Lipinski definition) is 4. The van der Waals surface area contributed by atoms with Crippen molar-refractivity contribution in [2.45, 2.75) is 33.1 Å². The van der Waals surface area contributed by atoms with Gasteiger partial charge in [-0.2, -0.15) is 0 Å². The Morgan fingerprint density at radius 1 is 0.867 bits per heavy atom. The molecule has 2 amide bonds. The Hall–Kier alpha value is -5.70. The number of nitrogens with one attached hydrogen (secondary N) is 3. The molecule has 5 rings (SSSR count). The molecule has 228 valence electrons. The number of anilines is 5. The van der Waals surface area contributed by atoms with Crippen molar-refractivity contribution < 1.29 is 9.59 Å². The van der Waals surface area contributed by atoms with Crippen LogP contribution in [0.15, 0.2) is 102 Å². The fourth-order valence-corrected chi connectivity index (χ4v) is 5.04. The van der Waals surface area contributed by atoms with Crippen molar-refractivity contribution in [2.75, 3.05) is 21.7 Å². The van der Waals surface area contributed by atoms with Crippen molar-refractivity contribution in [1.82, 2.24) is 9.55 Å². The molecule has 4 aromatic carbocycles. The van der Waals surface area contributed by atoms with Gasteiger partial charge in [-0.05, 0) is 85.5 Å². The second-order valence-electron chi connectivity index (χ2n) is 10.9. The number of nitrogens with two attached hydrogens (primary N) is 1. The second kappa shape index (κ2) is 13.7. The van der Waals surface area contributed by atoms with Gasteiger partial charge in [-0.15, -0.1) is 0 Å². The molecule has 0 atom stereocenters. The lowest BCUT2D eigenvalue weighted by molar-refractivity contribution is 0.101. The molecule has 0 radical (unpaired) electrons. The van der Waals surface area contributed by atoms with E-state index in [1.165, 1.54) is 4.57 Å². The monoisotopic (exact) mass is 600 g/mol. The molecule has 0 unspecified atom stereocenters. The predicted molar refractivity (Wildman–Crippen MR) is 181 cm³/mol. The Labute approximate surface area is 262 Å². The quantitative estimate of drug-likeness (QED) is 0.129. The lowest BCUT2D eigenvalue weighted by atomic mass is 10.0. The SMILES string of the molecule is CCCCc1ccccc1C(=O)Nc1cccc(-c2cn(C)c(=O)c(Nc3ccc(C(=O)Nc4cccc(N)c4)cc3)n2)c1C. The highest BCUT2D eigenvalue weighted by Gasteiger charge is 2.16. The number of nitrogen functional groups attached to an aromatic ring is 1. The molecule has 0 saturated heterocycles. The van der Waals surface area contributed by atoms with Gasteiger partial charge in [0.15, 0.2) is 5.82 Å². The summed E-state index contributed by atoms with van der Waals surface area (Å²) >= 11 is 0. The summed E-state index contributed by atoms with van der Waals surface area (Å²) < 4.78 is 1.46. The van der Waals surface area contributed by atoms with Crippen LogP contribution in [0.5, 0.6) is 0 Å². The number of hydrogen-bond acceptors (Lipinski definition) is 6. The highest BCUT2D eigenvalue weighted by molar-refractivity contribution is 6.06. The van der Waals surface area contributed by atoms with Crippen molar-refractivity contribution in [3.63, 3.8) is 0 Å². The largest absolute Gasteiger partial charge is 0.399 e. The predicted octanol–water partition coefficient (Wildman–Crippen LogP) is 6.93. The Kier molecular flexibility index (Phi) is 9.38. The first kappa shape index (κ1) is 30.7. The highest BCUT2D eigenvalue weighted by atomic mass is 16.2. The van der Waals surface area contributed by atoms with E-state index in [1.807, 2.05) is 49.4 Å². The minimum absolute atomic E-state index is 0.130. The summed E-state index contributed by atoms with van der Waals surface area (Å²) in [6, 6.07) is 27.0. The first-order valence-electron chi connectivity index (χ1n) is 14.8. The zero-order valence-electron chi connectivity index (χ0n) is 25.6. The Morgan fingerprint density at radius 2 is 1.62 bits per heavy atom. The first-order chi connectivity index (χ1) is 21.7. The smallest absolute Gasteiger partial charge is 0.293 e. The lowest BCUT2D eigenvalue weighted by Crippen LogP contribution is -2.21. The molecule has 0 aliphatic heterocycles. The molecule has 0 bridgehead atoms. The zero-order chi connectivity index (χ0) is 31.9. The number of aromatic nitrogens is 2. The van der Waals surface area contributed by atoms with E-state index in [-0.39, 0.29) is 23.2 Å². The van der Waals surface area contributed by atoms with Gasteiger partial charge in [0.2, 0.25) is 0 Å². The number of carbonyl (C=O) groups excluding carboxylic acids is 2. The molecule has 0 aliphatic carbocycles. The molecule has 45 heavy (non-hydrogen) atoms. The van der Waals surface area contributed by atoms with Crippen molar-refractivity contribution in [2.24, 2.45) is 7.05 Å². The number of benzene rings is 4. The summed E-state index contributed by atoms with van der Waals surface area (Å²) in [7, 11) is 1.66. The number of aryl methyl sites for hydroxylation is 2. The van der Waals surface area contributed by atoms with Crippen LogP contribution in [0.3, 0.4) is 0 Å². The standard InChI is InChI=1S/C36H36N6O3/c1-4-5-10-24-11-6-7-14-30(24)35(44)41-31-16-9-15-29(23(31)2)32-22-42(3)36(45)33(40-32)38-27-19-17-25(18-20-27)34(43)39-28-13-8-12-26(37)21-28/h6-9,11-22H,4-5,10,37H2,1-3H3,(H,38,40)(H,39,43)(H,41,44). The molecule has 9 nitrogen and oxygen atoms in total. The van der Waals surface area contributed by atoms with Gasteiger partial charge in [0.1, 0.15) is 0 Å². The van der Waals surface area contributed by atoms with E-state index in [1.54, 1.807) is 61.8 Å². The molecule has 0 saturated carbocycles. The van der Waals surface area contributed by atoms with E-state index >= 15 is 0 Å². The average molecular weight is 601 g/mol. The second-order valence-corrected chi connectivity index (χ2v) is 10.9. The molecular formula is C36H36N6O3. The van der Waals surface area contributed by atoms with E-state index < -0.39 is 0 Å². The lowest BCUT2D eigenvalue weighted by Gasteiger charge is -2.15. The van der Waals surface area contributed by atoms with Gasteiger partial charge < -0.3 is 26.3 Å². The Morgan fingerprint density at radius 3 is 2.38 bits per heavy atom. The highest BCUT2D eigenvalue weighted by Crippen LogP contribution is 2.29. The van der Waals surface area contributed by atoms with Crippen LogP contribution >= 0.6 is 0 Å². The fraction of sp³-hybridized carbons (Fsp3) is 0.167. The van der Waals surface area contributed by atoms with Crippen LogP contribution in [-0.4, -0.2) is 21.4 Å². The van der Waals surface area contributed by atoms with Crippen LogP contribution in [0, 0.1) is 6.92 Å². The number of carbonyl (C=O) groups is 2. The van der Waals surface area contributed by atoms with E-state index in [0.717, 1.165) is 36.0 Å². The van der Waals surface area contributed by atoms with E-state index in [4.69, 9.17) is 5.73 Å². The van der Waals surface area contributed by atoms with Crippen molar-refractivity contribution >= 4 is 40.4 Å². The van der Waals surface area contributed by atoms with Gasteiger partial charge in [0.05, 0.1) is 5.69 Å². The van der Waals surface area contributed by atoms with Crippen LogP contribution < -0.4 is 27.2 Å². The van der Waals surface area contributed by atoms with Crippen molar-refractivity contribution in [1.29, 1.82) is 0 Å². The van der Waals surface area contributed by atoms with Gasteiger partial charge >= 0.3 is 0 Å². The van der Waals surface area contributed by atoms with Gasteiger partial charge in [-0.3, -0.25) is 14.4 Å². The number of rotatable bonds is 10. The summed E-state index contributed by atoms with van der Waals surface area (Å²) in [4.78, 5) is 43.7. The number of unbranched alkanes of at least 4 members (excludes halogenated alkanes) is 1. The van der Waals surface area contributed by atoms with Gasteiger partial charge in [0, 0.05) is 52.7 Å². The van der Waals surface area contributed by atoms with Crippen LogP contribution in [0.2, 0.25) is 0 Å². The Balaban J connectivity index is 1.35. The molecule has 1 heterocycles. The number of amides is 2. The molecule has 9 heteroatoms. The van der Waals surface area contributed by atoms with Gasteiger partial charge in [0.25, 0.3) is 17.4 Å². The summed E-state index contributed by atoms with van der Waals surface area (Å²) in [6.45, 7) is 4.05. The van der Waals surface area contributed by atoms with Crippen molar-refractivity contribution in [3.8, 4) is 11.3 Å². The average Bonchev–Trinajstić information content (AvgIpc) is 3.03. The number of nitrogens with zero attached hydrogens (tertiary/aromatic N) is 2. The van der Waals surface area contributed by atoms with Crippen LogP contribution in [0.25, 0.3) is 11.3 Å². The van der Waals surface area contributed by atoms with Crippen molar-refractivity contribution in [3.05, 3.63) is 130 Å². The van der Waals surface area contributed by atoms with E-state index in [2.05, 4.69) is 27.9 Å². The fourth-order valence-electron chi connectivity index (χ4n) is 5.04. The van der Waals surface area contributed by atoms with Crippen LogP contribution in [0.4, 0.5) is 28.6 Å². The maximum absolute atomic E-state index is 13.3. The molecule has 0 aliphatic rings. The summed E-state index contributed by atoms with van der Waals surface area (Å²) in [6.07, 6.45) is 4.58. The summed E-state index contributed by atoms with van der Waals surface area (Å²) in [5, 5.41) is 8.99. The molecule has 0 spiro atoms.